The van der Waals surface area contributed by atoms with Crippen molar-refractivity contribution < 1.29 is 9.53 Å². The fraction of sp³-hybridized carbons (Fsp3) is 0.333. The lowest BCUT2D eigenvalue weighted by Crippen LogP contribution is -2.01. The summed E-state index contributed by atoms with van der Waals surface area (Å²) >= 11 is 5.71. The fourth-order valence-corrected chi connectivity index (χ4v) is 1.29. The van der Waals surface area contributed by atoms with Crippen molar-refractivity contribution in [2.45, 2.75) is 20.3 Å². The van der Waals surface area contributed by atoms with Crippen LogP contribution in [-0.2, 0) is 9.53 Å². The number of ether oxygens (including phenoxy) is 1. The Balaban J connectivity index is 2.66. The van der Waals surface area contributed by atoms with Crippen molar-refractivity contribution in [1.82, 2.24) is 4.98 Å². The minimum atomic E-state index is -0.311. The third-order valence-electron chi connectivity index (χ3n) is 1.84. The second-order valence-corrected chi connectivity index (χ2v) is 3.49. The molecule has 0 saturated carbocycles. The summed E-state index contributed by atoms with van der Waals surface area (Å²) in [5.41, 5.74) is 1.71. The molecule has 0 atom stereocenters. The molecule has 0 bridgehead atoms. The molecular formula is C12H12ClNO2. The standard InChI is InChI=1S/C12H12ClNO2/c1-3-16-12(15)6-4-5-10-8-14-11(13)7-9(10)2/h7-8H,3,6H2,1-2H3. The van der Waals surface area contributed by atoms with Crippen LogP contribution in [0.1, 0.15) is 24.5 Å². The van der Waals surface area contributed by atoms with Crippen molar-refractivity contribution in [1.29, 1.82) is 0 Å². The van der Waals surface area contributed by atoms with Gasteiger partial charge in [0.05, 0.1) is 6.61 Å². The quantitative estimate of drug-likeness (QED) is 0.450. The maximum Gasteiger partial charge on any atom is 0.317 e. The summed E-state index contributed by atoms with van der Waals surface area (Å²) in [5.74, 6) is 5.29. The zero-order chi connectivity index (χ0) is 12.0. The van der Waals surface area contributed by atoms with E-state index in [2.05, 4.69) is 16.8 Å². The average molecular weight is 238 g/mol. The van der Waals surface area contributed by atoms with Crippen molar-refractivity contribution in [3.05, 3.63) is 28.5 Å². The first-order valence-corrected chi connectivity index (χ1v) is 5.28. The van der Waals surface area contributed by atoms with Gasteiger partial charge in [-0.25, -0.2) is 4.98 Å². The van der Waals surface area contributed by atoms with E-state index >= 15 is 0 Å². The van der Waals surface area contributed by atoms with E-state index in [0.717, 1.165) is 11.1 Å². The molecule has 0 amide bonds. The van der Waals surface area contributed by atoms with E-state index < -0.39 is 0 Å². The number of esters is 1. The lowest BCUT2D eigenvalue weighted by molar-refractivity contribution is -0.141. The third-order valence-corrected chi connectivity index (χ3v) is 2.05. The van der Waals surface area contributed by atoms with Gasteiger partial charge in [-0.1, -0.05) is 23.4 Å². The van der Waals surface area contributed by atoms with E-state index in [4.69, 9.17) is 16.3 Å². The maximum atomic E-state index is 11.0. The highest BCUT2D eigenvalue weighted by Crippen LogP contribution is 2.10. The third kappa shape index (κ3) is 3.92. The SMILES string of the molecule is CCOC(=O)CC#Cc1cnc(Cl)cc1C. The van der Waals surface area contributed by atoms with E-state index in [0.29, 0.717) is 11.8 Å². The lowest BCUT2D eigenvalue weighted by atomic mass is 10.2. The van der Waals surface area contributed by atoms with Crippen LogP contribution < -0.4 is 0 Å². The molecule has 0 aromatic carbocycles. The smallest absolute Gasteiger partial charge is 0.317 e. The number of rotatable bonds is 2. The van der Waals surface area contributed by atoms with Gasteiger partial charge in [-0.2, -0.15) is 0 Å². The average Bonchev–Trinajstić information content (AvgIpc) is 2.22. The van der Waals surface area contributed by atoms with E-state index in [1.165, 1.54) is 0 Å². The van der Waals surface area contributed by atoms with Gasteiger partial charge in [0.1, 0.15) is 11.6 Å². The second kappa shape index (κ2) is 6.14. The van der Waals surface area contributed by atoms with E-state index in [1.807, 2.05) is 6.92 Å². The molecule has 0 fully saturated rings. The maximum absolute atomic E-state index is 11.0. The lowest BCUT2D eigenvalue weighted by Gasteiger charge is -1.97. The Kier molecular flexibility index (Phi) is 4.81. The topological polar surface area (TPSA) is 39.2 Å². The summed E-state index contributed by atoms with van der Waals surface area (Å²) in [7, 11) is 0. The predicted octanol–water partition coefficient (Wildman–Crippen LogP) is 2.35. The molecule has 3 nitrogen and oxygen atoms in total. The van der Waals surface area contributed by atoms with Crippen LogP contribution in [0.2, 0.25) is 5.15 Å². The van der Waals surface area contributed by atoms with Gasteiger partial charge in [0.2, 0.25) is 0 Å². The molecule has 84 valence electrons. The Morgan fingerprint density at radius 1 is 1.62 bits per heavy atom. The molecule has 0 spiro atoms. The Labute approximate surface area is 99.8 Å². The normalized spacial score (nSPS) is 9.19. The number of aromatic nitrogens is 1. The van der Waals surface area contributed by atoms with Crippen molar-refractivity contribution in [3.63, 3.8) is 0 Å². The van der Waals surface area contributed by atoms with Gasteiger partial charge in [-0.3, -0.25) is 4.79 Å². The summed E-state index contributed by atoms with van der Waals surface area (Å²) in [6.07, 6.45) is 1.69. The van der Waals surface area contributed by atoms with Crippen molar-refractivity contribution in [3.8, 4) is 11.8 Å². The molecule has 0 saturated heterocycles. The van der Waals surface area contributed by atoms with Gasteiger partial charge >= 0.3 is 5.97 Å². The van der Waals surface area contributed by atoms with E-state index in [9.17, 15) is 4.79 Å². The zero-order valence-electron chi connectivity index (χ0n) is 9.21. The summed E-state index contributed by atoms with van der Waals surface area (Å²) in [4.78, 5) is 14.9. The molecule has 1 rings (SSSR count). The van der Waals surface area contributed by atoms with Gasteiger partial charge in [-0.05, 0) is 25.5 Å². The van der Waals surface area contributed by atoms with E-state index in [1.54, 1.807) is 19.2 Å². The van der Waals surface area contributed by atoms with Gasteiger partial charge in [0, 0.05) is 11.8 Å². The number of halogens is 1. The molecule has 0 N–H and O–H groups in total. The van der Waals surface area contributed by atoms with Crippen LogP contribution in [0, 0.1) is 18.8 Å². The number of aryl methyl sites for hydroxylation is 1. The van der Waals surface area contributed by atoms with Crippen LogP contribution >= 0.6 is 11.6 Å². The van der Waals surface area contributed by atoms with Crippen molar-refractivity contribution in [2.75, 3.05) is 6.61 Å². The van der Waals surface area contributed by atoms with Gasteiger partial charge in [0.25, 0.3) is 0 Å². The summed E-state index contributed by atoms with van der Waals surface area (Å²) in [6, 6.07) is 1.73. The van der Waals surface area contributed by atoms with Crippen LogP contribution in [0.3, 0.4) is 0 Å². The molecular weight excluding hydrogens is 226 g/mol. The Morgan fingerprint density at radius 3 is 3.00 bits per heavy atom. The molecule has 1 heterocycles. The number of carbonyl (C=O) groups is 1. The van der Waals surface area contributed by atoms with Crippen LogP contribution in [0.5, 0.6) is 0 Å². The molecule has 0 aliphatic heterocycles. The Hall–Kier alpha value is -1.53. The molecule has 0 radical (unpaired) electrons. The number of pyridine rings is 1. The minimum Gasteiger partial charge on any atom is -0.465 e. The number of hydrogen-bond donors (Lipinski definition) is 0. The highest BCUT2D eigenvalue weighted by Gasteiger charge is 1.98. The monoisotopic (exact) mass is 237 g/mol. The van der Waals surface area contributed by atoms with Crippen molar-refractivity contribution >= 4 is 17.6 Å². The predicted molar refractivity (Wildman–Crippen MR) is 62.1 cm³/mol. The fourth-order valence-electron chi connectivity index (χ4n) is 1.08. The highest BCUT2D eigenvalue weighted by atomic mass is 35.5. The Morgan fingerprint density at radius 2 is 2.38 bits per heavy atom. The highest BCUT2D eigenvalue weighted by molar-refractivity contribution is 6.29. The van der Waals surface area contributed by atoms with Crippen molar-refractivity contribution in [2.24, 2.45) is 0 Å². The van der Waals surface area contributed by atoms with Crippen LogP contribution in [0.25, 0.3) is 0 Å². The first-order valence-electron chi connectivity index (χ1n) is 4.90. The molecule has 0 aliphatic rings. The molecule has 1 aromatic rings. The number of hydrogen-bond acceptors (Lipinski definition) is 3. The molecule has 16 heavy (non-hydrogen) atoms. The molecule has 4 heteroatoms. The summed E-state index contributed by atoms with van der Waals surface area (Å²) in [6.45, 7) is 4.03. The minimum absolute atomic E-state index is 0.0932. The number of carbonyl (C=O) groups excluding carboxylic acids is 1. The number of nitrogens with zero attached hydrogens (tertiary/aromatic N) is 1. The Bertz CT molecular complexity index is 446. The van der Waals surface area contributed by atoms with E-state index in [-0.39, 0.29) is 12.4 Å². The van der Waals surface area contributed by atoms with Crippen LogP contribution in [0.15, 0.2) is 12.3 Å². The van der Waals surface area contributed by atoms with Gasteiger partial charge in [0.15, 0.2) is 0 Å². The second-order valence-electron chi connectivity index (χ2n) is 3.11. The molecule has 1 aromatic heterocycles. The zero-order valence-corrected chi connectivity index (χ0v) is 9.97. The summed E-state index contributed by atoms with van der Waals surface area (Å²) < 4.78 is 4.75. The van der Waals surface area contributed by atoms with Crippen LogP contribution in [-0.4, -0.2) is 17.6 Å². The summed E-state index contributed by atoms with van der Waals surface area (Å²) in [5, 5.41) is 0.438. The van der Waals surface area contributed by atoms with Crippen LogP contribution in [0.4, 0.5) is 0 Å². The van der Waals surface area contributed by atoms with Gasteiger partial charge < -0.3 is 4.74 Å². The first-order chi connectivity index (χ1) is 7.63. The largest absolute Gasteiger partial charge is 0.465 e. The van der Waals surface area contributed by atoms with Gasteiger partial charge in [-0.15, -0.1) is 0 Å². The first kappa shape index (κ1) is 12.5. The molecule has 0 unspecified atom stereocenters. The molecule has 0 aliphatic carbocycles.